The van der Waals surface area contributed by atoms with E-state index >= 15 is 0 Å². The molecule has 0 bridgehead atoms. The molecule has 1 aliphatic heterocycles. The van der Waals surface area contributed by atoms with Crippen molar-refractivity contribution in [2.24, 2.45) is 0 Å². The Morgan fingerprint density at radius 1 is 1.21 bits per heavy atom. The number of unbranched alkanes of at least 4 members (excludes halogenated alkanes) is 1. The average molecular weight is 417 g/mol. The second-order valence-corrected chi connectivity index (χ2v) is 8.98. The van der Waals surface area contributed by atoms with Crippen LogP contribution in [-0.4, -0.2) is 41.1 Å². The minimum absolute atomic E-state index is 0.0219. The predicted molar refractivity (Wildman–Crippen MR) is 120 cm³/mol. The lowest BCUT2D eigenvalue weighted by atomic mass is 10.1. The van der Waals surface area contributed by atoms with Gasteiger partial charge in [-0.2, -0.15) is 0 Å². The molecule has 1 fully saturated rings. The van der Waals surface area contributed by atoms with Gasteiger partial charge in [0.05, 0.1) is 6.54 Å². The number of hydrogen-bond donors (Lipinski definition) is 0. The number of carbonyl (C=O) groups is 1. The Labute approximate surface area is 178 Å². The minimum atomic E-state index is 0.0219. The van der Waals surface area contributed by atoms with Crippen LogP contribution in [0, 0.1) is 6.92 Å². The number of halogens is 1. The largest absolute Gasteiger partial charge is 0.325 e. The van der Waals surface area contributed by atoms with Gasteiger partial charge in [-0.25, -0.2) is 0 Å². The number of thioether (sulfide) groups is 1. The average Bonchev–Trinajstić information content (AvgIpc) is 3.18. The smallest absolute Gasteiger partial charge is 0.237 e. The Morgan fingerprint density at radius 2 is 1.96 bits per heavy atom. The van der Waals surface area contributed by atoms with Crippen LogP contribution in [0.15, 0.2) is 48.5 Å². The number of carbonyl (C=O) groups excluding carboxylic acids is 1. The standard InChI is InChI=1S/C23H29ClN2OS/c1-3-4-13-25(16-19-11-9-18(2)10-12-19)17-22(27)26-14-15-28-23(26)20-7-5-6-8-21(20)24/h5-12,23H,3-4,13-17H2,1-2H3. The maximum atomic E-state index is 13.2. The summed E-state index contributed by atoms with van der Waals surface area (Å²) in [5.74, 6) is 1.15. The van der Waals surface area contributed by atoms with Crippen molar-refractivity contribution in [2.45, 2.75) is 38.6 Å². The quantitative estimate of drug-likeness (QED) is 0.565. The number of aryl methyl sites for hydroxylation is 1. The molecule has 2 aromatic carbocycles. The van der Waals surface area contributed by atoms with Gasteiger partial charge in [0.1, 0.15) is 5.37 Å². The zero-order chi connectivity index (χ0) is 19.9. The second kappa shape index (κ2) is 10.3. The zero-order valence-corrected chi connectivity index (χ0v) is 18.3. The molecule has 1 atom stereocenters. The summed E-state index contributed by atoms with van der Waals surface area (Å²) in [7, 11) is 0. The first-order valence-corrected chi connectivity index (χ1v) is 11.4. The van der Waals surface area contributed by atoms with Gasteiger partial charge < -0.3 is 4.90 Å². The Hall–Kier alpha value is -1.49. The van der Waals surface area contributed by atoms with Gasteiger partial charge in [0.25, 0.3) is 0 Å². The van der Waals surface area contributed by atoms with E-state index in [1.165, 1.54) is 11.1 Å². The van der Waals surface area contributed by atoms with E-state index in [0.29, 0.717) is 6.54 Å². The topological polar surface area (TPSA) is 23.6 Å². The molecular formula is C23H29ClN2OS. The van der Waals surface area contributed by atoms with E-state index in [1.807, 2.05) is 29.2 Å². The third kappa shape index (κ3) is 5.53. The van der Waals surface area contributed by atoms with Gasteiger partial charge in [-0.3, -0.25) is 9.69 Å². The van der Waals surface area contributed by atoms with Gasteiger partial charge in [0.2, 0.25) is 5.91 Å². The second-order valence-electron chi connectivity index (χ2n) is 7.38. The Kier molecular flexibility index (Phi) is 7.83. The van der Waals surface area contributed by atoms with Crippen LogP contribution < -0.4 is 0 Å². The highest BCUT2D eigenvalue weighted by Crippen LogP contribution is 2.40. The third-order valence-corrected chi connectivity index (χ3v) is 6.68. The van der Waals surface area contributed by atoms with Gasteiger partial charge in [-0.15, -0.1) is 11.8 Å². The summed E-state index contributed by atoms with van der Waals surface area (Å²) in [5.41, 5.74) is 3.56. The maximum Gasteiger partial charge on any atom is 0.237 e. The molecule has 0 aromatic heterocycles. The van der Waals surface area contributed by atoms with Crippen LogP contribution in [-0.2, 0) is 11.3 Å². The van der Waals surface area contributed by atoms with Crippen molar-refractivity contribution < 1.29 is 4.79 Å². The SMILES string of the molecule is CCCCN(CC(=O)N1CCSC1c1ccccc1Cl)Cc1ccc(C)cc1. The number of nitrogens with zero attached hydrogens (tertiary/aromatic N) is 2. The highest BCUT2D eigenvalue weighted by molar-refractivity contribution is 7.99. The summed E-state index contributed by atoms with van der Waals surface area (Å²) in [5, 5.41) is 0.760. The lowest BCUT2D eigenvalue weighted by molar-refractivity contribution is -0.132. The molecule has 0 aliphatic carbocycles. The first-order valence-electron chi connectivity index (χ1n) is 10.0. The van der Waals surface area contributed by atoms with Crippen molar-refractivity contribution in [3.05, 3.63) is 70.2 Å². The Balaban J connectivity index is 1.69. The van der Waals surface area contributed by atoms with Gasteiger partial charge in [0, 0.05) is 29.4 Å². The molecule has 2 aromatic rings. The molecule has 1 unspecified atom stereocenters. The molecule has 1 saturated heterocycles. The molecule has 150 valence electrons. The molecule has 0 radical (unpaired) electrons. The fourth-order valence-corrected chi connectivity index (χ4v) is 5.11. The number of amides is 1. The van der Waals surface area contributed by atoms with E-state index in [4.69, 9.17) is 11.6 Å². The van der Waals surface area contributed by atoms with Crippen LogP contribution in [0.2, 0.25) is 5.02 Å². The van der Waals surface area contributed by atoms with Crippen molar-refractivity contribution in [3.63, 3.8) is 0 Å². The minimum Gasteiger partial charge on any atom is -0.325 e. The van der Waals surface area contributed by atoms with Crippen LogP contribution in [0.1, 0.15) is 41.8 Å². The van der Waals surface area contributed by atoms with Crippen LogP contribution in [0.4, 0.5) is 0 Å². The Bertz CT molecular complexity index is 780. The highest BCUT2D eigenvalue weighted by atomic mass is 35.5. The van der Waals surface area contributed by atoms with Gasteiger partial charge in [0.15, 0.2) is 0 Å². The van der Waals surface area contributed by atoms with Gasteiger partial charge >= 0.3 is 0 Å². The van der Waals surface area contributed by atoms with E-state index < -0.39 is 0 Å². The molecule has 1 amide bonds. The zero-order valence-electron chi connectivity index (χ0n) is 16.7. The number of benzene rings is 2. The fraction of sp³-hybridized carbons (Fsp3) is 0.435. The molecule has 3 nitrogen and oxygen atoms in total. The molecule has 1 aliphatic rings. The maximum absolute atomic E-state index is 13.2. The molecule has 3 rings (SSSR count). The summed E-state index contributed by atoms with van der Waals surface area (Å²) < 4.78 is 0. The lowest BCUT2D eigenvalue weighted by Gasteiger charge is -2.29. The van der Waals surface area contributed by atoms with Crippen molar-refractivity contribution in [1.29, 1.82) is 0 Å². The molecule has 0 N–H and O–H groups in total. The van der Waals surface area contributed by atoms with E-state index in [9.17, 15) is 4.79 Å². The highest BCUT2D eigenvalue weighted by Gasteiger charge is 2.32. The molecular weight excluding hydrogens is 388 g/mol. The molecule has 0 saturated carbocycles. The van der Waals surface area contributed by atoms with Crippen molar-refractivity contribution in [2.75, 3.05) is 25.4 Å². The van der Waals surface area contributed by atoms with Crippen LogP contribution in [0.3, 0.4) is 0 Å². The summed E-state index contributed by atoms with van der Waals surface area (Å²) in [4.78, 5) is 17.5. The van der Waals surface area contributed by atoms with Gasteiger partial charge in [-0.05, 0) is 31.5 Å². The third-order valence-electron chi connectivity index (χ3n) is 5.10. The first kappa shape index (κ1) is 21.2. The van der Waals surface area contributed by atoms with Crippen molar-refractivity contribution in [1.82, 2.24) is 9.80 Å². The van der Waals surface area contributed by atoms with E-state index in [0.717, 1.165) is 48.8 Å². The van der Waals surface area contributed by atoms with Crippen LogP contribution in [0.5, 0.6) is 0 Å². The van der Waals surface area contributed by atoms with E-state index in [2.05, 4.69) is 43.0 Å². The molecule has 28 heavy (non-hydrogen) atoms. The van der Waals surface area contributed by atoms with Crippen LogP contribution in [0.25, 0.3) is 0 Å². The number of hydrogen-bond acceptors (Lipinski definition) is 3. The van der Waals surface area contributed by atoms with Crippen LogP contribution >= 0.6 is 23.4 Å². The molecule has 1 heterocycles. The number of rotatable bonds is 8. The molecule has 5 heteroatoms. The summed E-state index contributed by atoms with van der Waals surface area (Å²) >= 11 is 8.21. The first-order chi connectivity index (χ1) is 13.6. The summed E-state index contributed by atoms with van der Waals surface area (Å²) in [6.07, 6.45) is 2.22. The lowest BCUT2D eigenvalue weighted by Crippen LogP contribution is -2.40. The summed E-state index contributed by atoms with van der Waals surface area (Å²) in [6, 6.07) is 16.5. The fourth-order valence-electron chi connectivity index (χ4n) is 3.49. The Morgan fingerprint density at radius 3 is 2.68 bits per heavy atom. The summed E-state index contributed by atoms with van der Waals surface area (Å²) in [6.45, 7) is 7.27. The normalized spacial score (nSPS) is 16.7. The van der Waals surface area contributed by atoms with Crippen molar-refractivity contribution >= 4 is 29.3 Å². The van der Waals surface area contributed by atoms with Crippen molar-refractivity contribution in [3.8, 4) is 0 Å². The monoisotopic (exact) mass is 416 g/mol. The van der Waals surface area contributed by atoms with Gasteiger partial charge in [-0.1, -0.05) is 73.0 Å². The van der Waals surface area contributed by atoms with E-state index in [-0.39, 0.29) is 11.3 Å². The molecule has 0 spiro atoms. The van der Waals surface area contributed by atoms with E-state index in [1.54, 1.807) is 11.8 Å². The predicted octanol–water partition coefficient (Wildman–Crippen LogP) is 5.52.